The molecule has 0 spiro atoms. The van der Waals surface area contributed by atoms with Crippen molar-refractivity contribution < 1.29 is 23.8 Å². The molecule has 132 valence electrons. The first-order valence-corrected chi connectivity index (χ1v) is 7.97. The van der Waals surface area contributed by atoms with Gasteiger partial charge < -0.3 is 14.2 Å². The molecule has 1 atom stereocenters. The number of hydrogen-bond donors (Lipinski definition) is 0. The van der Waals surface area contributed by atoms with Gasteiger partial charge in [0.15, 0.2) is 0 Å². The Labute approximate surface area is 142 Å². The van der Waals surface area contributed by atoms with E-state index in [1.807, 2.05) is 34.6 Å². The second kappa shape index (κ2) is 6.81. The van der Waals surface area contributed by atoms with E-state index in [4.69, 9.17) is 14.2 Å². The Morgan fingerprint density at radius 2 is 2.12 bits per heavy atom. The van der Waals surface area contributed by atoms with Crippen molar-refractivity contribution in [3.05, 3.63) is 29.8 Å². The van der Waals surface area contributed by atoms with E-state index < -0.39 is 17.4 Å². The first-order valence-electron chi connectivity index (χ1n) is 7.97. The Morgan fingerprint density at radius 3 is 2.75 bits per heavy atom. The predicted octanol–water partition coefficient (Wildman–Crippen LogP) is 3.25. The molecule has 1 aromatic rings. The molecule has 0 radical (unpaired) electrons. The highest BCUT2D eigenvalue weighted by molar-refractivity contribution is 5.75. The van der Waals surface area contributed by atoms with Crippen LogP contribution in [-0.2, 0) is 9.47 Å². The fraction of sp³-hybridized carbons (Fsp3) is 0.556. The Morgan fingerprint density at radius 1 is 1.42 bits per heavy atom. The van der Waals surface area contributed by atoms with E-state index in [0.29, 0.717) is 17.9 Å². The van der Waals surface area contributed by atoms with Gasteiger partial charge in [0, 0.05) is 5.56 Å². The largest absolute Gasteiger partial charge is 0.491 e. The molecule has 1 saturated heterocycles. The zero-order valence-corrected chi connectivity index (χ0v) is 14.9. The highest BCUT2D eigenvalue weighted by Crippen LogP contribution is 2.29. The van der Waals surface area contributed by atoms with Crippen LogP contribution in [0.3, 0.4) is 0 Å². The van der Waals surface area contributed by atoms with E-state index >= 15 is 0 Å². The van der Waals surface area contributed by atoms with Crippen molar-refractivity contribution in [1.29, 1.82) is 0 Å². The monoisotopic (exact) mass is 335 g/mol. The third-order valence-corrected chi connectivity index (χ3v) is 3.60. The SMILES string of the molecule is CC(C)(C)OC(=O)N1[C@H](COc2cccc(C=O)c2)COC1(C)C. The zero-order chi connectivity index (χ0) is 18.0. The van der Waals surface area contributed by atoms with Crippen molar-refractivity contribution in [2.75, 3.05) is 13.2 Å². The number of amides is 1. The molecular formula is C18H25NO5. The normalized spacial score (nSPS) is 19.9. The van der Waals surface area contributed by atoms with Gasteiger partial charge in [-0.25, -0.2) is 4.79 Å². The molecule has 6 nitrogen and oxygen atoms in total. The minimum Gasteiger partial charge on any atom is -0.491 e. The van der Waals surface area contributed by atoms with Crippen LogP contribution in [0.15, 0.2) is 24.3 Å². The topological polar surface area (TPSA) is 65.1 Å². The van der Waals surface area contributed by atoms with E-state index in [-0.39, 0.29) is 12.6 Å². The van der Waals surface area contributed by atoms with E-state index in [1.54, 1.807) is 29.2 Å². The van der Waals surface area contributed by atoms with Crippen LogP contribution in [0.4, 0.5) is 4.79 Å². The van der Waals surface area contributed by atoms with Crippen molar-refractivity contribution >= 4 is 12.4 Å². The Hall–Kier alpha value is -2.08. The average molecular weight is 335 g/mol. The summed E-state index contributed by atoms with van der Waals surface area (Å²) in [5, 5.41) is 0. The number of carbonyl (C=O) groups excluding carboxylic acids is 2. The molecular weight excluding hydrogens is 310 g/mol. The first-order chi connectivity index (χ1) is 11.1. The summed E-state index contributed by atoms with van der Waals surface area (Å²) in [6, 6.07) is 6.61. The third kappa shape index (κ3) is 4.47. The van der Waals surface area contributed by atoms with Crippen molar-refractivity contribution in [2.45, 2.75) is 52.0 Å². The maximum absolute atomic E-state index is 12.5. The summed E-state index contributed by atoms with van der Waals surface area (Å²) >= 11 is 0. The molecule has 0 unspecified atom stereocenters. The summed E-state index contributed by atoms with van der Waals surface area (Å²) in [5.74, 6) is 0.577. The number of benzene rings is 1. The van der Waals surface area contributed by atoms with Crippen molar-refractivity contribution in [2.24, 2.45) is 0 Å². The molecule has 0 bridgehead atoms. The van der Waals surface area contributed by atoms with Gasteiger partial charge in [-0.05, 0) is 46.8 Å². The van der Waals surface area contributed by atoms with Crippen LogP contribution in [0.1, 0.15) is 45.0 Å². The van der Waals surface area contributed by atoms with Gasteiger partial charge in [0.2, 0.25) is 0 Å². The summed E-state index contributed by atoms with van der Waals surface area (Å²) in [5.41, 5.74) is -0.806. The van der Waals surface area contributed by atoms with Gasteiger partial charge in [0.1, 0.15) is 30.0 Å². The van der Waals surface area contributed by atoms with E-state index in [1.165, 1.54) is 0 Å². The van der Waals surface area contributed by atoms with E-state index in [0.717, 1.165) is 6.29 Å². The fourth-order valence-electron chi connectivity index (χ4n) is 2.56. The summed E-state index contributed by atoms with van der Waals surface area (Å²) in [6.07, 6.45) is 0.335. The molecule has 2 rings (SSSR count). The molecule has 1 aliphatic heterocycles. The van der Waals surface area contributed by atoms with E-state index in [9.17, 15) is 9.59 Å². The first kappa shape index (κ1) is 18.3. The van der Waals surface area contributed by atoms with Crippen LogP contribution in [-0.4, -0.2) is 47.9 Å². The summed E-state index contributed by atoms with van der Waals surface area (Å²) < 4.78 is 17.0. The maximum atomic E-state index is 12.5. The van der Waals surface area contributed by atoms with Crippen LogP contribution in [0.5, 0.6) is 5.75 Å². The number of nitrogens with zero attached hydrogens (tertiary/aromatic N) is 1. The fourth-order valence-corrected chi connectivity index (χ4v) is 2.56. The standard InChI is InChI=1S/C18H25NO5/c1-17(2,3)24-16(21)19-14(12-23-18(19,4)5)11-22-15-8-6-7-13(9-15)10-20/h6-10,14H,11-12H2,1-5H3/t14-/m1/s1. The number of hydrogen-bond acceptors (Lipinski definition) is 5. The molecule has 0 saturated carbocycles. The molecule has 6 heteroatoms. The molecule has 1 aliphatic rings. The number of aldehydes is 1. The highest BCUT2D eigenvalue weighted by atomic mass is 16.6. The molecule has 1 heterocycles. The average Bonchev–Trinajstić information content (AvgIpc) is 2.78. The van der Waals surface area contributed by atoms with Crippen LogP contribution in [0.25, 0.3) is 0 Å². The third-order valence-electron chi connectivity index (χ3n) is 3.60. The predicted molar refractivity (Wildman–Crippen MR) is 89.2 cm³/mol. The molecule has 1 aromatic carbocycles. The smallest absolute Gasteiger partial charge is 0.413 e. The van der Waals surface area contributed by atoms with Crippen molar-refractivity contribution in [3.63, 3.8) is 0 Å². The highest BCUT2D eigenvalue weighted by Gasteiger charge is 2.46. The van der Waals surface area contributed by atoms with Gasteiger partial charge >= 0.3 is 6.09 Å². The second-order valence-electron chi connectivity index (χ2n) is 7.26. The minimum atomic E-state index is -0.763. The van der Waals surface area contributed by atoms with Crippen LogP contribution < -0.4 is 4.74 Å². The number of rotatable bonds is 4. The lowest BCUT2D eigenvalue weighted by Gasteiger charge is -2.35. The summed E-state index contributed by atoms with van der Waals surface area (Å²) in [4.78, 5) is 24.9. The molecule has 0 aromatic heterocycles. The van der Waals surface area contributed by atoms with E-state index in [2.05, 4.69) is 0 Å². The molecule has 1 amide bonds. The Balaban J connectivity index is 2.07. The minimum absolute atomic E-state index is 0.255. The van der Waals surface area contributed by atoms with Crippen molar-refractivity contribution in [3.8, 4) is 5.75 Å². The zero-order valence-electron chi connectivity index (χ0n) is 14.9. The van der Waals surface area contributed by atoms with Crippen LogP contribution in [0, 0.1) is 0 Å². The number of carbonyl (C=O) groups is 2. The Bertz CT molecular complexity index is 606. The van der Waals surface area contributed by atoms with Crippen LogP contribution >= 0.6 is 0 Å². The lowest BCUT2D eigenvalue weighted by molar-refractivity contribution is -0.0637. The second-order valence-corrected chi connectivity index (χ2v) is 7.26. The lowest BCUT2D eigenvalue weighted by Crippen LogP contribution is -2.51. The van der Waals surface area contributed by atoms with Gasteiger partial charge in [-0.2, -0.15) is 0 Å². The number of ether oxygens (including phenoxy) is 3. The van der Waals surface area contributed by atoms with Crippen molar-refractivity contribution in [1.82, 2.24) is 4.90 Å². The van der Waals surface area contributed by atoms with Gasteiger partial charge in [-0.15, -0.1) is 0 Å². The van der Waals surface area contributed by atoms with Gasteiger partial charge in [-0.1, -0.05) is 12.1 Å². The molecule has 0 aliphatic carbocycles. The van der Waals surface area contributed by atoms with Crippen LogP contribution in [0.2, 0.25) is 0 Å². The maximum Gasteiger partial charge on any atom is 0.413 e. The Kier molecular flexibility index (Phi) is 5.18. The lowest BCUT2D eigenvalue weighted by atomic mass is 10.2. The summed E-state index contributed by atoms with van der Waals surface area (Å²) in [6.45, 7) is 9.74. The van der Waals surface area contributed by atoms with Gasteiger partial charge in [0.25, 0.3) is 0 Å². The van der Waals surface area contributed by atoms with Gasteiger partial charge in [-0.3, -0.25) is 9.69 Å². The quantitative estimate of drug-likeness (QED) is 0.790. The molecule has 0 N–H and O–H groups in total. The molecule has 1 fully saturated rings. The molecule has 24 heavy (non-hydrogen) atoms. The summed E-state index contributed by atoms with van der Waals surface area (Å²) in [7, 11) is 0. The van der Waals surface area contributed by atoms with Gasteiger partial charge in [0.05, 0.1) is 12.6 Å².